The van der Waals surface area contributed by atoms with Crippen LogP contribution < -0.4 is 16.0 Å². The molecule has 0 radical (unpaired) electrons. The number of nitrogens with one attached hydrogen (secondary N) is 1. The fourth-order valence-electron chi connectivity index (χ4n) is 2.11. The summed E-state index contributed by atoms with van der Waals surface area (Å²) in [6, 6.07) is 3.56. The quantitative estimate of drug-likeness (QED) is 0.759. The van der Waals surface area contributed by atoms with Crippen molar-refractivity contribution in [1.29, 1.82) is 0 Å². The lowest BCUT2D eigenvalue weighted by atomic mass is 10.1. The molecule has 3 nitrogen and oxygen atoms in total. The minimum Gasteiger partial charge on any atom is -0.397 e. The van der Waals surface area contributed by atoms with Crippen LogP contribution in [0.15, 0.2) is 18.2 Å². The van der Waals surface area contributed by atoms with Crippen molar-refractivity contribution >= 4 is 11.4 Å². The zero-order valence-electron chi connectivity index (χ0n) is 9.93. The maximum absolute atomic E-state index is 12.5. The number of nitrogen functional groups attached to an aromatic ring is 1. The maximum Gasteiger partial charge on any atom is 0.416 e. The molecular weight excluding hydrogens is 243 g/mol. The molecule has 0 atom stereocenters. The second kappa shape index (κ2) is 5.06. The Hall–Kier alpha value is -1.43. The zero-order valence-corrected chi connectivity index (χ0v) is 9.93. The van der Waals surface area contributed by atoms with Crippen LogP contribution in [0.25, 0.3) is 0 Å². The van der Waals surface area contributed by atoms with Gasteiger partial charge in [0, 0.05) is 19.6 Å². The van der Waals surface area contributed by atoms with Crippen molar-refractivity contribution in [2.75, 3.05) is 36.8 Å². The summed E-state index contributed by atoms with van der Waals surface area (Å²) in [4.78, 5) is 2.02. The first-order chi connectivity index (χ1) is 8.48. The summed E-state index contributed by atoms with van der Waals surface area (Å²) < 4.78 is 37.6. The molecule has 1 heterocycles. The maximum atomic E-state index is 12.5. The van der Waals surface area contributed by atoms with Crippen molar-refractivity contribution in [2.45, 2.75) is 12.6 Å². The second-order valence-corrected chi connectivity index (χ2v) is 4.36. The number of benzene rings is 1. The van der Waals surface area contributed by atoms with Gasteiger partial charge in [-0.3, -0.25) is 0 Å². The Morgan fingerprint density at radius 3 is 2.61 bits per heavy atom. The van der Waals surface area contributed by atoms with Gasteiger partial charge in [0.1, 0.15) is 0 Å². The van der Waals surface area contributed by atoms with E-state index >= 15 is 0 Å². The molecule has 2 rings (SSSR count). The molecule has 100 valence electrons. The fraction of sp³-hybridized carbons (Fsp3) is 0.500. The lowest BCUT2D eigenvalue weighted by Gasteiger charge is -2.24. The first kappa shape index (κ1) is 13.0. The van der Waals surface area contributed by atoms with E-state index in [-0.39, 0.29) is 5.69 Å². The van der Waals surface area contributed by atoms with Crippen molar-refractivity contribution in [3.8, 4) is 0 Å². The summed E-state index contributed by atoms with van der Waals surface area (Å²) in [5.41, 5.74) is 5.91. The van der Waals surface area contributed by atoms with Gasteiger partial charge in [0.15, 0.2) is 0 Å². The number of halogens is 3. The van der Waals surface area contributed by atoms with Crippen LogP contribution in [-0.2, 0) is 6.18 Å². The van der Waals surface area contributed by atoms with Gasteiger partial charge in [0.2, 0.25) is 0 Å². The molecular formula is C12H16F3N3. The minimum absolute atomic E-state index is 0.187. The van der Waals surface area contributed by atoms with Gasteiger partial charge in [-0.1, -0.05) is 0 Å². The van der Waals surface area contributed by atoms with E-state index in [2.05, 4.69) is 5.32 Å². The molecule has 0 aromatic heterocycles. The highest BCUT2D eigenvalue weighted by Gasteiger charge is 2.31. The number of anilines is 2. The van der Waals surface area contributed by atoms with E-state index in [9.17, 15) is 13.2 Å². The van der Waals surface area contributed by atoms with E-state index in [0.29, 0.717) is 5.69 Å². The number of nitrogens with two attached hydrogens (primary N) is 1. The summed E-state index contributed by atoms with van der Waals surface area (Å²) in [5.74, 6) is 0. The first-order valence-corrected chi connectivity index (χ1v) is 5.91. The largest absolute Gasteiger partial charge is 0.416 e. The van der Waals surface area contributed by atoms with Crippen molar-refractivity contribution in [1.82, 2.24) is 5.32 Å². The molecule has 1 aromatic carbocycles. The van der Waals surface area contributed by atoms with Gasteiger partial charge in [-0.15, -0.1) is 0 Å². The number of rotatable bonds is 1. The number of alkyl halides is 3. The molecule has 0 unspecified atom stereocenters. The Kier molecular flexibility index (Phi) is 3.65. The van der Waals surface area contributed by atoms with Crippen LogP contribution in [0, 0.1) is 0 Å². The third-order valence-corrected chi connectivity index (χ3v) is 3.04. The lowest BCUT2D eigenvalue weighted by Crippen LogP contribution is -2.28. The van der Waals surface area contributed by atoms with Crippen LogP contribution in [0.5, 0.6) is 0 Å². The third-order valence-electron chi connectivity index (χ3n) is 3.04. The predicted molar refractivity (Wildman–Crippen MR) is 65.6 cm³/mol. The van der Waals surface area contributed by atoms with E-state index in [0.717, 1.165) is 44.7 Å². The molecule has 0 amide bonds. The number of nitrogens with zero attached hydrogens (tertiary/aromatic N) is 1. The summed E-state index contributed by atoms with van der Waals surface area (Å²) in [6.07, 6.45) is -3.38. The molecule has 3 N–H and O–H groups in total. The summed E-state index contributed by atoms with van der Waals surface area (Å²) in [6.45, 7) is 3.32. The van der Waals surface area contributed by atoms with Gasteiger partial charge in [0.05, 0.1) is 16.9 Å². The second-order valence-electron chi connectivity index (χ2n) is 4.36. The van der Waals surface area contributed by atoms with Crippen LogP contribution in [-0.4, -0.2) is 26.2 Å². The van der Waals surface area contributed by atoms with Crippen LogP contribution in [0.4, 0.5) is 24.5 Å². The van der Waals surface area contributed by atoms with Gasteiger partial charge in [0.25, 0.3) is 0 Å². The normalized spacial score (nSPS) is 17.6. The highest BCUT2D eigenvalue weighted by Crippen LogP contribution is 2.34. The molecule has 6 heteroatoms. The first-order valence-electron chi connectivity index (χ1n) is 5.91. The SMILES string of the molecule is Nc1cc(C(F)(F)F)ccc1N1CCCNCC1. The molecule has 1 aliphatic rings. The molecule has 0 spiro atoms. The average molecular weight is 259 g/mol. The van der Waals surface area contributed by atoms with Gasteiger partial charge in [-0.2, -0.15) is 13.2 Å². The Balaban J connectivity index is 2.23. The van der Waals surface area contributed by atoms with Crippen molar-refractivity contribution in [3.63, 3.8) is 0 Å². The summed E-state index contributed by atoms with van der Waals surface area (Å²) >= 11 is 0. The third kappa shape index (κ3) is 2.87. The molecule has 1 fully saturated rings. The van der Waals surface area contributed by atoms with E-state index in [4.69, 9.17) is 5.73 Å². The molecule has 18 heavy (non-hydrogen) atoms. The van der Waals surface area contributed by atoms with E-state index in [1.807, 2.05) is 4.90 Å². The molecule has 1 saturated heterocycles. The van der Waals surface area contributed by atoms with Crippen molar-refractivity contribution in [3.05, 3.63) is 23.8 Å². The summed E-state index contributed by atoms with van der Waals surface area (Å²) in [5, 5.41) is 3.24. The van der Waals surface area contributed by atoms with Crippen molar-refractivity contribution in [2.24, 2.45) is 0 Å². The number of hydrogen-bond donors (Lipinski definition) is 2. The van der Waals surface area contributed by atoms with Crippen LogP contribution in [0.3, 0.4) is 0 Å². The molecule has 0 aliphatic carbocycles. The molecule has 1 aromatic rings. The molecule has 1 aliphatic heterocycles. The predicted octanol–water partition coefficient (Wildman–Crippen LogP) is 2.09. The Morgan fingerprint density at radius 1 is 1.17 bits per heavy atom. The Morgan fingerprint density at radius 2 is 1.94 bits per heavy atom. The highest BCUT2D eigenvalue weighted by molar-refractivity contribution is 5.68. The van der Waals surface area contributed by atoms with Gasteiger partial charge >= 0.3 is 6.18 Å². The topological polar surface area (TPSA) is 41.3 Å². The van der Waals surface area contributed by atoms with Crippen LogP contribution >= 0.6 is 0 Å². The Bertz CT molecular complexity index is 410. The van der Waals surface area contributed by atoms with Crippen LogP contribution in [0.2, 0.25) is 0 Å². The molecule has 0 saturated carbocycles. The van der Waals surface area contributed by atoms with Gasteiger partial charge in [-0.05, 0) is 31.2 Å². The Labute approximate surface area is 104 Å². The summed E-state index contributed by atoms with van der Waals surface area (Å²) in [7, 11) is 0. The zero-order chi connectivity index (χ0) is 13.2. The van der Waals surface area contributed by atoms with E-state index < -0.39 is 11.7 Å². The highest BCUT2D eigenvalue weighted by atomic mass is 19.4. The van der Waals surface area contributed by atoms with Gasteiger partial charge < -0.3 is 16.0 Å². The molecule has 0 bridgehead atoms. The van der Waals surface area contributed by atoms with E-state index in [1.54, 1.807) is 0 Å². The monoisotopic (exact) mass is 259 g/mol. The lowest BCUT2D eigenvalue weighted by molar-refractivity contribution is -0.137. The van der Waals surface area contributed by atoms with Crippen molar-refractivity contribution < 1.29 is 13.2 Å². The van der Waals surface area contributed by atoms with Gasteiger partial charge in [-0.25, -0.2) is 0 Å². The smallest absolute Gasteiger partial charge is 0.397 e. The number of hydrogen-bond acceptors (Lipinski definition) is 3. The standard InChI is InChI=1S/C12H16F3N3/c13-12(14,15)9-2-3-11(10(16)8-9)18-6-1-4-17-5-7-18/h2-3,8,17H,1,4-7,16H2. The van der Waals surface area contributed by atoms with Crippen LogP contribution in [0.1, 0.15) is 12.0 Å². The fourth-order valence-corrected chi connectivity index (χ4v) is 2.11. The minimum atomic E-state index is -4.34. The average Bonchev–Trinajstić information content (AvgIpc) is 2.56. The van der Waals surface area contributed by atoms with E-state index in [1.165, 1.54) is 6.07 Å².